The van der Waals surface area contributed by atoms with Gasteiger partial charge in [-0.15, -0.1) is 0 Å². The molecule has 1 rings (SSSR count). The highest BCUT2D eigenvalue weighted by molar-refractivity contribution is 5.48. The normalized spacial score (nSPS) is 12.4. The fourth-order valence-electron chi connectivity index (χ4n) is 1.38. The first-order chi connectivity index (χ1) is 7.55. The highest BCUT2D eigenvalue weighted by Gasteiger charge is 2.14. The van der Waals surface area contributed by atoms with Crippen LogP contribution in [0, 0.1) is 0 Å². The van der Waals surface area contributed by atoms with Gasteiger partial charge in [0.25, 0.3) is 0 Å². The van der Waals surface area contributed by atoms with Crippen LogP contribution in [-0.4, -0.2) is 21.0 Å². The zero-order valence-electron chi connectivity index (χ0n) is 11.4. The quantitative estimate of drug-likeness (QED) is 0.738. The van der Waals surface area contributed by atoms with Gasteiger partial charge in [0.15, 0.2) is 0 Å². The monoisotopic (exact) mass is 238 g/mol. The molecule has 0 aliphatic carbocycles. The average molecular weight is 238 g/mol. The third-order valence-electron chi connectivity index (χ3n) is 1.76. The van der Waals surface area contributed by atoms with Crippen LogP contribution in [-0.2, 0) is 0 Å². The number of hydrogen-bond donors (Lipinski definition) is 3. The van der Waals surface area contributed by atoms with Crippen molar-refractivity contribution >= 4 is 11.6 Å². The van der Waals surface area contributed by atoms with Crippen molar-refractivity contribution in [2.45, 2.75) is 52.6 Å². The third kappa shape index (κ3) is 5.38. The summed E-state index contributed by atoms with van der Waals surface area (Å²) < 4.78 is 0. The minimum absolute atomic E-state index is 0.108. The SMILES string of the molecule is CC(C)(C)Nc1cc(NC(C)(C)C)[nH]c(=O)n1. The second kappa shape index (κ2) is 4.39. The van der Waals surface area contributed by atoms with Crippen molar-refractivity contribution < 1.29 is 0 Å². The molecule has 0 unspecified atom stereocenters. The van der Waals surface area contributed by atoms with Crippen LogP contribution in [0.2, 0.25) is 0 Å². The van der Waals surface area contributed by atoms with Gasteiger partial charge in [-0.2, -0.15) is 4.98 Å². The van der Waals surface area contributed by atoms with Gasteiger partial charge in [0.05, 0.1) is 0 Å². The summed E-state index contributed by atoms with van der Waals surface area (Å²) in [6.07, 6.45) is 0. The topological polar surface area (TPSA) is 69.8 Å². The second-order valence-corrected chi connectivity index (χ2v) is 6.24. The predicted molar refractivity (Wildman–Crippen MR) is 71.6 cm³/mol. The summed E-state index contributed by atoms with van der Waals surface area (Å²) in [7, 11) is 0. The van der Waals surface area contributed by atoms with Gasteiger partial charge < -0.3 is 10.6 Å². The van der Waals surface area contributed by atoms with Gasteiger partial charge in [-0.1, -0.05) is 0 Å². The summed E-state index contributed by atoms with van der Waals surface area (Å²) in [4.78, 5) is 18.0. The number of aromatic nitrogens is 2. The van der Waals surface area contributed by atoms with E-state index < -0.39 is 0 Å². The largest absolute Gasteiger partial charge is 0.367 e. The van der Waals surface area contributed by atoms with Gasteiger partial charge in [-0.05, 0) is 41.5 Å². The summed E-state index contributed by atoms with van der Waals surface area (Å²) in [6, 6.07) is 1.80. The van der Waals surface area contributed by atoms with Crippen LogP contribution in [0.25, 0.3) is 0 Å². The summed E-state index contributed by atoms with van der Waals surface area (Å²) in [5.41, 5.74) is -0.589. The molecule has 0 aromatic carbocycles. The summed E-state index contributed by atoms with van der Waals surface area (Å²) in [5.74, 6) is 1.25. The molecule has 0 spiro atoms. The lowest BCUT2D eigenvalue weighted by atomic mass is 10.1. The Balaban J connectivity index is 2.99. The standard InChI is InChI=1S/C12H22N4O/c1-11(2,3)15-8-7-9(14-10(17)13-8)16-12(4,5)6/h7H,1-6H3,(H3,13,14,15,16,17). The van der Waals surface area contributed by atoms with Crippen LogP contribution in [0.15, 0.2) is 10.9 Å². The molecule has 5 heteroatoms. The molecule has 0 radical (unpaired) electrons. The number of hydrogen-bond acceptors (Lipinski definition) is 4. The van der Waals surface area contributed by atoms with Crippen LogP contribution >= 0.6 is 0 Å². The van der Waals surface area contributed by atoms with Gasteiger partial charge in [-0.25, -0.2) is 4.79 Å². The van der Waals surface area contributed by atoms with E-state index in [1.807, 2.05) is 41.5 Å². The molecule has 0 aliphatic heterocycles. The molecule has 0 atom stereocenters. The molecular weight excluding hydrogens is 216 g/mol. The van der Waals surface area contributed by atoms with Crippen LogP contribution < -0.4 is 16.3 Å². The van der Waals surface area contributed by atoms with Gasteiger partial charge >= 0.3 is 5.69 Å². The highest BCUT2D eigenvalue weighted by atomic mass is 16.1. The lowest BCUT2D eigenvalue weighted by Gasteiger charge is -2.24. The molecule has 5 nitrogen and oxygen atoms in total. The zero-order valence-corrected chi connectivity index (χ0v) is 11.4. The van der Waals surface area contributed by atoms with Gasteiger partial charge in [0.2, 0.25) is 0 Å². The Morgan fingerprint density at radius 3 is 2.06 bits per heavy atom. The Kier molecular flexibility index (Phi) is 3.50. The highest BCUT2D eigenvalue weighted by Crippen LogP contribution is 2.15. The minimum atomic E-state index is -0.356. The fraction of sp³-hybridized carbons (Fsp3) is 0.667. The lowest BCUT2D eigenvalue weighted by Crippen LogP contribution is -2.31. The predicted octanol–water partition coefficient (Wildman–Crippen LogP) is 2.19. The number of H-pyrrole nitrogens is 1. The van der Waals surface area contributed by atoms with E-state index in [1.165, 1.54) is 0 Å². The van der Waals surface area contributed by atoms with E-state index in [1.54, 1.807) is 6.07 Å². The van der Waals surface area contributed by atoms with Gasteiger partial charge in [0, 0.05) is 17.1 Å². The number of aromatic amines is 1. The molecule has 0 fully saturated rings. The van der Waals surface area contributed by atoms with E-state index in [0.29, 0.717) is 11.6 Å². The zero-order chi connectivity index (χ0) is 13.3. The Morgan fingerprint density at radius 1 is 1.06 bits per heavy atom. The summed E-state index contributed by atoms with van der Waals surface area (Å²) >= 11 is 0. The number of anilines is 2. The third-order valence-corrected chi connectivity index (χ3v) is 1.76. The number of rotatable bonds is 2. The molecule has 0 bridgehead atoms. The molecule has 1 aromatic rings. The maximum absolute atomic E-state index is 11.4. The molecule has 0 aliphatic rings. The average Bonchev–Trinajstić information content (AvgIpc) is 1.93. The summed E-state index contributed by atoms with van der Waals surface area (Å²) in [5, 5.41) is 6.39. The fourth-order valence-corrected chi connectivity index (χ4v) is 1.38. The van der Waals surface area contributed by atoms with Crippen LogP contribution in [0.4, 0.5) is 11.6 Å². The Labute approximate surface area is 102 Å². The van der Waals surface area contributed by atoms with Crippen LogP contribution in [0.3, 0.4) is 0 Å². The number of nitrogens with one attached hydrogen (secondary N) is 3. The minimum Gasteiger partial charge on any atom is -0.367 e. The molecular formula is C12H22N4O. The first kappa shape index (κ1) is 13.5. The second-order valence-electron chi connectivity index (χ2n) is 6.24. The maximum atomic E-state index is 11.4. The van der Waals surface area contributed by atoms with Crippen molar-refractivity contribution in [3.63, 3.8) is 0 Å². The van der Waals surface area contributed by atoms with E-state index in [9.17, 15) is 4.79 Å². The van der Waals surface area contributed by atoms with Crippen molar-refractivity contribution in [1.82, 2.24) is 9.97 Å². The summed E-state index contributed by atoms with van der Waals surface area (Å²) in [6.45, 7) is 12.2. The number of nitrogens with zero attached hydrogens (tertiary/aromatic N) is 1. The van der Waals surface area contributed by atoms with E-state index in [2.05, 4.69) is 20.6 Å². The van der Waals surface area contributed by atoms with Crippen molar-refractivity contribution in [3.05, 3.63) is 16.6 Å². The molecule has 0 amide bonds. The molecule has 1 aromatic heterocycles. The molecule has 1 heterocycles. The van der Waals surface area contributed by atoms with Crippen LogP contribution in [0.5, 0.6) is 0 Å². The Morgan fingerprint density at radius 2 is 1.59 bits per heavy atom. The molecule has 0 saturated heterocycles. The van der Waals surface area contributed by atoms with Crippen molar-refractivity contribution in [2.24, 2.45) is 0 Å². The Bertz CT molecular complexity index is 400. The van der Waals surface area contributed by atoms with E-state index in [-0.39, 0.29) is 16.8 Å². The van der Waals surface area contributed by atoms with E-state index in [4.69, 9.17) is 0 Å². The maximum Gasteiger partial charge on any atom is 0.348 e. The Hall–Kier alpha value is -1.52. The van der Waals surface area contributed by atoms with Crippen molar-refractivity contribution in [3.8, 4) is 0 Å². The lowest BCUT2D eigenvalue weighted by molar-refractivity contribution is 0.624. The smallest absolute Gasteiger partial charge is 0.348 e. The van der Waals surface area contributed by atoms with Gasteiger partial charge in [0.1, 0.15) is 11.6 Å². The van der Waals surface area contributed by atoms with Gasteiger partial charge in [-0.3, -0.25) is 4.98 Å². The van der Waals surface area contributed by atoms with E-state index in [0.717, 1.165) is 0 Å². The molecule has 3 N–H and O–H groups in total. The first-order valence-electron chi connectivity index (χ1n) is 5.73. The van der Waals surface area contributed by atoms with Crippen LogP contribution in [0.1, 0.15) is 41.5 Å². The van der Waals surface area contributed by atoms with Crippen molar-refractivity contribution in [2.75, 3.05) is 10.6 Å². The van der Waals surface area contributed by atoms with Crippen molar-refractivity contribution in [1.29, 1.82) is 0 Å². The molecule has 0 saturated carbocycles. The molecule has 17 heavy (non-hydrogen) atoms. The van der Waals surface area contributed by atoms with E-state index >= 15 is 0 Å². The molecule has 96 valence electrons. The first-order valence-corrected chi connectivity index (χ1v) is 5.73.